The van der Waals surface area contributed by atoms with Crippen molar-refractivity contribution in [2.75, 3.05) is 0 Å². The van der Waals surface area contributed by atoms with Crippen LogP contribution in [-0.4, -0.2) is 0 Å². The van der Waals surface area contributed by atoms with Gasteiger partial charge in [0.1, 0.15) is 0 Å². The van der Waals surface area contributed by atoms with Crippen LogP contribution in [0.5, 0.6) is 0 Å². The second-order valence-electron chi connectivity index (χ2n) is 5.81. The highest BCUT2D eigenvalue weighted by Gasteiger charge is 2.43. The van der Waals surface area contributed by atoms with Crippen LogP contribution in [0.15, 0.2) is 39.1 Å². The molecule has 2 aliphatic rings. The van der Waals surface area contributed by atoms with Crippen LogP contribution >= 0.6 is 15.9 Å². The second-order valence-corrected chi connectivity index (χ2v) is 6.67. The van der Waals surface area contributed by atoms with E-state index in [1.807, 2.05) is 0 Å². The highest BCUT2D eigenvalue weighted by molar-refractivity contribution is 9.12. The van der Waals surface area contributed by atoms with Gasteiger partial charge in [0, 0.05) is 10.1 Å². The predicted octanol–water partition coefficient (Wildman–Crippen LogP) is 5.77. The van der Waals surface area contributed by atoms with E-state index in [1.54, 1.807) is 0 Å². The number of rotatable bonds is 3. The first-order chi connectivity index (χ1) is 8.54. The first-order valence-electron chi connectivity index (χ1n) is 7.03. The van der Waals surface area contributed by atoms with Gasteiger partial charge >= 0.3 is 0 Å². The summed E-state index contributed by atoms with van der Waals surface area (Å²) in [5, 5.41) is 0. The molecule has 0 N–H and O–H groups in total. The van der Waals surface area contributed by atoms with Gasteiger partial charge in [-0.25, -0.2) is 0 Å². The average molecular weight is 307 g/mol. The third-order valence-corrected chi connectivity index (χ3v) is 5.18. The zero-order valence-corrected chi connectivity index (χ0v) is 13.5. The molecule has 0 bridgehead atoms. The molecule has 18 heavy (non-hydrogen) atoms. The van der Waals surface area contributed by atoms with E-state index in [0.717, 1.165) is 24.2 Å². The minimum Gasteiger partial charge on any atom is -0.120 e. The molecule has 2 rings (SSSR count). The third-order valence-electron chi connectivity index (χ3n) is 4.52. The molecule has 0 aromatic carbocycles. The van der Waals surface area contributed by atoms with Crippen LogP contribution in [0.25, 0.3) is 0 Å². The van der Waals surface area contributed by atoms with Crippen molar-refractivity contribution < 1.29 is 0 Å². The van der Waals surface area contributed by atoms with E-state index in [-0.39, 0.29) is 0 Å². The fourth-order valence-electron chi connectivity index (χ4n) is 2.70. The largest absolute Gasteiger partial charge is 0.120 e. The van der Waals surface area contributed by atoms with E-state index >= 15 is 0 Å². The van der Waals surface area contributed by atoms with Gasteiger partial charge in [-0.2, -0.15) is 0 Å². The molecule has 2 unspecified atom stereocenters. The van der Waals surface area contributed by atoms with E-state index in [4.69, 9.17) is 0 Å². The molecule has 0 amide bonds. The Morgan fingerprint density at radius 2 is 2.17 bits per heavy atom. The SMILES string of the molecule is CC[C@H](C)C1CC1C1=C=CC/C(C)=C(C)\C=C/1Br. The van der Waals surface area contributed by atoms with Crippen molar-refractivity contribution in [1.82, 2.24) is 0 Å². The molecule has 0 aliphatic heterocycles. The van der Waals surface area contributed by atoms with Crippen molar-refractivity contribution in [3.05, 3.63) is 39.1 Å². The number of allylic oxidation sites excluding steroid dienone is 5. The Bertz CT molecular complexity index is 458. The monoisotopic (exact) mass is 306 g/mol. The van der Waals surface area contributed by atoms with Crippen LogP contribution in [-0.2, 0) is 0 Å². The Morgan fingerprint density at radius 3 is 2.83 bits per heavy atom. The molecular formula is C17H23Br. The van der Waals surface area contributed by atoms with Crippen molar-refractivity contribution in [1.29, 1.82) is 0 Å². The van der Waals surface area contributed by atoms with Gasteiger partial charge in [0.05, 0.1) is 0 Å². The Kier molecular flexibility index (Phi) is 4.35. The molecule has 0 spiro atoms. The smallest absolute Gasteiger partial charge is 0.0289 e. The molecule has 0 nitrogen and oxygen atoms in total. The first kappa shape index (κ1) is 13.9. The maximum absolute atomic E-state index is 3.75. The standard InChI is InChI=1S/C17H23Br/c1-5-11(2)15-10-16(15)14-8-6-7-12(3)13(4)9-17(14)18/h6,9,11,15-16H,5,7,10H2,1-4H3/b13-12-,17-9+/t8?,11-,15?,16?/m0/s1. The van der Waals surface area contributed by atoms with Gasteiger partial charge in [-0.1, -0.05) is 31.4 Å². The maximum atomic E-state index is 3.75. The van der Waals surface area contributed by atoms with E-state index in [0.29, 0.717) is 0 Å². The lowest BCUT2D eigenvalue weighted by Gasteiger charge is -2.11. The van der Waals surface area contributed by atoms with E-state index in [1.165, 1.54) is 34.0 Å². The summed E-state index contributed by atoms with van der Waals surface area (Å²) in [5.74, 6) is 2.44. The molecule has 0 radical (unpaired) electrons. The summed E-state index contributed by atoms with van der Waals surface area (Å²) in [6.45, 7) is 9.08. The molecule has 0 heterocycles. The van der Waals surface area contributed by atoms with E-state index in [2.05, 4.69) is 61.5 Å². The molecule has 3 atom stereocenters. The summed E-state index contributed by atoms with van der Waals surface area (Å²) in [6.07, 6.45) is 8.14. The topological polar surface area (TPSA) is 0 Å². The Labute approximate surface area is 120 Å². The van der Waals surface area contributed by atoms with Crippen molar-refractivity contribution in [3.63, 3.8) is 0 Å². The molecule has 0 aromatic heterocycles. The maximum Gasteiger partial charge on any atom is 0.0289 e. The summed E-state index contributed by atoms with van der Waals surface area (Å²) in [6, 6.07) is 0. The van der Waals surface area contributed by atoms with Crippen molar-refractivity contribution in [2.45, 2.75) is 47.0 Å². The second kappa shape index (κ2) is 5.63. The number of halogens is 1. The highest BCUT2D eigenvalue weighted by Crippen LogP contribution is 2.52. The first-order valence-corrected chi connectivity index (χ1v) is 7.82. The molecule has 98 valence electrons. The number of hydrogen-bond donors (Lipinski definition) is 0. The molecule has 1 saturated carbocycles. The summed E-state index contributed by atoms with van der Waals surface area (Å²) < 4.78 is 1.24. The Hall–Kier alpha value is -0.520. The fraction of sp³-hybridized carbons (Fsp3) is 0.588. The van der Waals surface area contributed by atoms with Gasteiger partial charge in [-0.3, -0.25) is 0 Å². The molecular weight excluding hydrogens is 284 g/mol. The summed E-state index contributed by atoms with van der Waals surface area (Å²) in [4.78, 5) is 0. The van der Waals surface area contributed by atoms with Gasteiger partial charge in [-0.15, -0.1) is 5.73 Å². The zero-order valence-electron chi connectivity index (χ0n) is 11.9. The van der Waals surface area contributed by atoms with E-state index in [9.17, 15) is 0 Å². The van der Waals surface area contributed by atoms with Crippen molar-refractivity contribution in [2.24, 2.45) is 17.8 Å². The van der Waals surface area contributed by atoms with Gasteiger partial charge in [0.2, 0.25) is 0 Å². The quantitative estimate of drug-likeness (QED) is 0.581. The minimum atomic E-state index is 0.730. The van der Waals surface area contributed by atoms with Crippen LogP contribution < -0.4 is 0 Å². The Balaban J connectivity index is 2.20. The lowest BCUT2D eigenvalue weighted by atomic mass is 9.97. The van der Waals surface area contributed by atoms with Gasteiger partial charge in [0.25, 0.3) is 0 Å². The molecule has 2 aliphatic carbocycles. The third kappa shape index (κ3) is 2.90. The Morgan fingerprint density at radius 1 is 1.44 bits per heavy atom. The average Bonchev–Trinajstić information content (AvgIpc) is 3.11. The molecule has 0 aromatic rings. The van der Waals surface area contributed by atoms with Crippen LogP contribution in [0.2, 0.25) is 0 Å². The molecule has 0 saturated heterocycles. The lowest BCUT2D eigenvalue weighted by Crippen LogP contribution is -1.99. The van der Waals surface area contributed by atoms with Crippen LogP contribution in [0, 0.1) is 17.8 Å². The van der Waals surface area contributed by atoms with Gasteiger partial charge in [0.15, 0.2) is 0 Å². The summed E-state index contributed by atoms with van der Waals surface area (Å²) in [5.41, 5.74) is 7.76. The van der Waals surface area contributed by atoms with Crippen LogP contribution in [0.4, 0.5) is 0 Å². The van der Waals surface area contributed by atoms with Gasteiger partial charge < -0.3 is 0 Å². The summed E-state index contributed by atoms with van der Waals surface area (Å²) in [7, 11) is 0. The summed E-state index contributed by atoms with van der Waals surface area (Å²) >= 11 is 3.75. The predicted molar refractivity (Wildman–Crippen MR) is 82.6 cm³/mol. The van der Waals surface area contributed by atoms with Crippen LogP contribution in [0.1, 0.15) is 47.0 Å². The van der Waals surface area contributed by atoms with Gasteiger partial charge in [-0.05, 0) is 72.5 Å². The van der Waals surface area contributed by atoms with E-state index < -0.39 is 0 Å². The number of hydrogen-bond acceptors (Lipinski definition) is 0. The highest BCUT2D eigenvalue weighted by atomic mass is 79.9. The van der Waals surface area contributed by atoms with Crippen molar-refractivity contribution >= 4 is 15.9 Å². The van der Waals surface area contributed by atoms with Crippen molar-refractivity contribution in [3.8, 4) is 0 Å². The fourth-order valence-corrected chi connectivity index (χ4v) is 3.45. The minimum absolute atomic E-state index is 0.730. The zero-order chi connectivity index (χ0) is 13.3. The lowest BCUT2D eigenvalue weighted by molar-refractivity contribution is 0.474. The van der Waals surface area contributed by atoms with Crippen LogP contribution in [0.3, 0.4) is 0 Å². The molecule has 1 fully saturated rings. The molecule has 1 heteroatoms. The normalized spacial score (nSPS) is 36.3.